The van der Waals surface area contributed by atoms with Crippen LogP contribution in [0.1, 0.15) is 63.6 Å². The zero-order valence-corrected chi connectivity index (χ0v) is 41.6. The van der Waals surface area contributed by atoms with Crippen LogP contribution in [-0.4, -0.2) is 113 Å². The number of cyclic esters (lactones) is 1. The summed E-state index contributed by atoms with van der Waals surface area (Å²) in [6, 6.07) is 38.1. The molecule has 77 heavy (non-hydrogen) atoms. The second kappa shape index (κ2) is 21.6. The monoisotopic (exact) mass is 1040 g/mol. The molecule has 0 aromatic heterocycles. The zero-order valence-electron chi connectivity index (χ0n) is 41.6. The molecule has 0 radical (unpaired) electrons. The van der Waals surface area contributed by atoms with Gasteiger partial charge in [0.25, 0.3) is 5.69 Å². The van der Waals surface area contributed by atoms with Crippen LogP contribution in [0.3, 0.4) is 0 Å². The lowest BCUT2D eigenvalue weighted by molar-refractivity contribution is -0.384. The number of imide groups is 1. The van der Waals surface area contributed by atoms with E-state index in [2.05, 4.69) is 16.7 Å². The lowest BCUT2D eigenvalue weighted by atomic mass is 9.64. The predicted octanol–water partition coefficient (Wildman–Crippen LogP) is 6.78. The van der Waals surface area contributed by atoms with Gasteiger partial charge in [0.15, 0.2) is 11.5 Å². The van der Waals surface area contributed by atoms with Crippen LogP contribution in [0.15, 0.2) is 146 Å². The summed E-state index contributed by atoms with van der Waals surface area (Å²) in [4.78, 5) is 81.7. The fourth-order valence-corrected chi connectivity index (χ4v) is 11.7. The van der Waals surface area contributed by atoms with Gasteiger partial charge in [0.05, 0.1) is 41.8 Å². The number of carbonyl (C=O) groups is 4. The number of amides is 3. The number of nitro benzene ring substituents is 1. The molecule has 5 aliphatic rings. The molecule has 3 amide bonds. The number of para-hydroxylation sites is 1. The summed E-state index contributed by atoms with van der Waals surface area (Å²) in [5, 5.41) is 31.4. The van der Waals surface area contributed by atoms with E-state index in [1.165, 1.54) is 24.3 Å². The fraction of sp³-hybridized carbons (Fsp3) is 0.288. The minimum Gasteiger partial charge on any atom is -0.491 e. The average Bonchev–Trinajstić information content (AvgIpc) is 3.48. The van der Waals surface area contributed by atoms with E-state index in [0.29, 0.717) is 59.0 Å². The number of esters is 1. The van der Waals surface area contributed by atoms with Gasteiger partial charge in [-0.2, -0.15) is 0 Å². The molecule has 0 unspecified atom stereocenters. The van der Waals surface area contributed by atoms with E-state index in [1.54, 1.807) is 47.4 Å². The lowest BCUT2D eigenvalue weighted by Crippen LogP contribution is -2.59. The van der Waals surface area contributed by atoms with E-state index in [1.807, 2.05) is 83.8 Å². The number of rotatable bonds is 13. The van der Waals surface area contributed by atoms with E-state index < -0.39 is 64.4 Å². The second-order valence-corrected chi connectivity index (χ2v) is 19.3. The molecule has 1 spiro atoms. The predicted molar refractivity (Wildman–Crippen MR) is 277 cm³/mol. The van der Waals surface area contributed by atoms with Crippen molar-refractivity contribution in [1.82, 2.24) is 14.7 Å². The largest absolute Gasteiger partial charge is 0.491 e. The van der Waals surface area contributed by atoms with Crippen LogP contribution in [0, 0.1) is 27.9 Å². The number of carbonyl (C=O) groups excluding carboxylic acids is 4. The first-order chi connectivity index (χ1) is 37.6. The molecular formula is C59H53N5O13. The summed E-state index contributed by atoms with van der Waals surface area (Å²) in [5.41, 5.74) is 1.46. The highest BCUT2D eigenvalue weighted by atomic mass is 16.7. The molecule has 11 rings (SSSR count). The molecule has 2 N–H and O–H groups in total. The highest BCUT2D eigenvalue weighted by Gasteiger charge is 2.76. The SMILES string of the molecule is O=C1O[C@@H](c2ccccc2)[C@@H](c2ccccc2)N2[C@@H](c3ccccc3OCCO)[C@]3(C(=O)N(C(=O)OCc4ccc([N+](=O)[O-])cc4)c4ccc(C#CCCO)cc43)[C@@H](C(=O)N3CCN(Cc4ccc5c(c4)OCO5)CC3)[C@H]12. The molecule has 18 nitrogen and oxygen atoms in total. The highest BCUT2D eigenvalue weighted by Crippen LogP contribution is 2.67. The number of ether oxygens (including phenoxy) is 5. The topological polar surface area (TPSA) is 211 Å². The van der Waals surface area contributed by atoms with Crippen LogP contribution in [0.4, 0.5) is 16.2 Å². The number of benzene rings is 6. The van der Waals surface area contributed by atoms with Crippen LogP contribution in [0.2, 0.25) is 0 Å². The summed E-state index contributed by atoms with van der Waals surface area (Å²) >= 11 is 0. The number of morpholine rings is 1. The highest BCUT2D eigenvalue weighted by molar-refractivity contribution is 6.23. The van der Waals surface area contributed by atoms with Crippen molar-refractivity contribution in [3.63, 3.8) is 0 Å². The summed E-state index contributed by atoms with van der Waals surface area (Å²) in [7, 11) is 0. The number of hydrogen-bond donors (Lipinski definition) is 2. The molecule has 5 aliphatic heterocycles. The Kier molecular flexibility index (Phi) is 14.2. The van der Waals surface area contributed by atoms with Crippen molar-refractivity contribution in [3.8, 4) is 29.1 Å². The van der Waals surface area contributed by atoms with E-state index >= 15 is 19.2 Å². The molecular weight excluding hydrogens is 987 g/mol. The third-order valence-electron chi connectivity index (χ3n) is 15.0. The summed E-state index contributed by atoms with van der Waals surface area (Å²) in [6.07, 6.45) is -1.97. The summed E-state index contributed by atoms with van der Waals surface area (Å²) < 4.78 is 30.1. The van der Waals surface area contributed by atoms with Crippen molar-refractivity contribution in [2.24, 2.45) is 5.92 Å². The molecule has 392 valence electrons. The van der Waals surface area contributed by atoms with Gasteiger partial charge in [0.2, 0.25) is 18.6 Å². The molecule has 18 heteroatoms. The van der Waals surface area contributed by atoms with Crippen LogP contribution >= 0.6 is 0 Å². The quantitative estimate of drug-likeness (QED) is 0.0529. The molecule has 0 bridgehead atoms. The zero-order chi connectivity index (χ0) is 53.2. The molecule has 0 aliphatic carbocycles. The number of nitrogens with zero attached hydrogens (tertiary/aromatic N) is 5. The lowest BCUT2D eigenvalue weighted by Gasteiger charge is -2.46. The van der Waals surface area contributed by atoms with E-state index in [4.69, 9.17) is 23.7 Å². The molecule has 3 saturated heterocycles. The summed E-state index contributed by atoms with van der Waals surface area (Å²) in [6.45, 7) is 0.854. The molecule has 6 aromatic carbocycles. The van der Waals surface area contributed by atoms with E-state index in [9.17, 15) is 20.3 Å². The number of aliphatic hydroxyl groups excluding tert-OH is 2. The number of piperazine rings is 1. The maximum atomic E-state index is 16.8. The molecule has 6 atom stereocenters. The Labute approximate surface area is 443 Å². The molecule has 5 heterocycles. The number of anilines is 1. The molecule has 0 saturated carbocycles. The van der Waals surface area contributed by atoms with Crippen LogP contribution in [0.5, 0.6) is 17.2 Å². The Morgan fingerprint density at radius 1 is 0.766 bits per heavy atom. The first kappa shape index (κ1) is 50.6. The van der Waals surface area contributed by atoms with Crippen molar-refractivity contribution in [1.29, 1.82) is 0 Å². The maximum absolute atomic E-state index is 16.8. The van der Waals surface area contributed by atoms with E-state index in [-0.39, 0.29) is 75.4 Å². The Bertz CT molecular complexity index is 3290. The summed E-state index contributed by atoms with van der Waals surface area (Å²) in [5.74, 6) is 3.88. The first-order valence-electron chi connectivity index (χ1n) is 25.4. The van der Waals surface area contributed by atoms with Crippen molar-refractivity contribution in [2.45, 2.75) is 49.2 Å². The van der Waals surface area contributed by atoms with Gasteiger partial charge in [-0.1, -0.05) is 96.8 Å². The Hall–Kier alpha value is -8.60. The Morgan fingerprint density at radius 3 is 2.19 bits per heavy atom. The minimum absolute atomic E-state index is 0.0746. The number of fused-ring (bicyclic) bond motifs is 4. The maximum Gasteiger partial charge on any atom is 0.421 e. The van der Waals surface area contributed by atoms with Crippen molar-refractivity contribution in [2.75, 3.05) is 57.7 Å². The molecule has 6 aromatic rings. The van der Waals surface area contributed by atoms with Gasteiger partial charge in [0, 0.05) is 62.4 Å². The van der Waals surface area contributed by atoms with Crippen molar-refractivity contribution in [3.05, 3.63) is 195 Å². The van der Waals surface area contributed by atoms with Gasteiger partial charge >= 0.3 is 12.1 Å². The van der Waals surface area contributed by atoms with Crippen LogP contribution < -0.4 is 19.1 Å². The van der Waals surface area contributed by atoms with Crippen LogP contribution in [0.25, 0.3) is 0 Å². The van der Waals surface area contributed by atoms with Gasteiger partial charge in [-0.3, -0.25) is 34.3 Å². The van der Waals surface area contributed by atoms with Gasteiger partial charge in [0.1, 0.15) is 36.5 Å². The van der Waals surface area contributed by atoms with Crippen molar-refractivity contribution >= 4 is 35.3 Å². The van der Waals surface area contributed by atoms with Crippen molar-refractivity contribution < 1.29 is 58.0 Å². The smallest absolute Gasteiger partial charge is 0.421 e. The fourth-order valence-electron chi connectivity index (χ4n) is 11.7. The number of nitro groups is 1. The minimum atomic E-state index is -2.17. The molecule has 3 fully saturated rings. The van der Waals surface area contributed by atoms with Crippen LogP contribution in [-0.2, 0) is 42.4 Å². The first-order valence-corrected chi connectivity index (χ1v) is 25.4. The Balaban J connectivity index is 1.11. The van der Waals surface area contributed by atoms with Gasteiger partial charge < -0.3 is 38.8 Å². The third kappa shape index (κ3) is 9.26. The second-order valence-electron chi connectivity index (χ2n) is 19.3. The van der Waals surface area contributed by atoms with E-state index in [0.717, 1.165) is 10.5 Å². The standard InChI is InChI=1S/C59H53N5O13/c65-30-10-9-11-38-20-24-46-45(33-38)59(57(69)62(46)58(70)74-36-39-18-22-43(23-19-39)64(71)72)50(55(67)61-28-26-60(27-29-61)35-40-21-25-48-49(34-40)76-37-75-48)52-56(68)77-53(42-14-5-2-6-15-42)51(41-12-3-1-4-13-41)63(52)54(59)44-16-7-8-17-47(44)73-32-31-66/h1-8,12-25,33-34,50-54,65-66H,10,26-32,35-37H2/t50-,51-,52-,53+,54+,59-/m1/s1. The Morgan fingerprint density at radius 2 is 1.47 bits per heavy atom. The van der Waals surface area contributed by atoms with Gasteiger partial charge in [-0.05, 0) is 76.3 Å². The normalized spacial score (nSPS) is 22.4. The van der Waals surface area contributed by atoms with Gasteiger partial charge in [-0.15, -0.1) is 0 Å². The number of hydrogen-bond acceptors (Lipinski definition) is 15. The third-order valence-corrected chi connectivity index (χ3v) is 15.0. The van der Waals surface area contributed by atoms with Gasteiger partial charge in [-0.25, -0.2) is 9.69 Å². The number of aliphatic hydroxyl groups is 2. The number of non-ortho nitro benzene ring substituents is 1. The average molecular weight is 1040 g/mol.